The molecule has 7 nitrogen and oxygen atoms in total. The summed E-state index contributed by atoms with van der Waals surface area (Å²) in [6.07, 6.45) is -1.36. The van der Waals surface area contributed by atoms with Gasteiger partial charge in [0.25, 0.3) is 0 Å². The zero-order chi connectivity index (χ0) is 18.7. The highest BCUT2D eigenvalue weighted by molar-refractivity contribution is 5.72. The van der Waals surface area contributed by atoms with Crippen LogP contribution in [0.1, 0.15) is 12.0 Å². The van der Waals surface area contributed by atoms with Crippen LogP contribution in [-0.2, 0) is 11.2 Å². The van der Waals surface area contributed by atoms with E-state index in [1.807, 2.05) is 54.6 Å². The summed E-state index contributed by atoms with van der Waals surface area (Å²) in [7, 11) is 0. The molecule has 0 radical (unpaired) electrons. The number of carboxylic acid groups (broad SMARTS) is 1. The molecule has 134 valence electrons. The molecule has 0 aliphatic heterocycles. The minimum Gasteiger partial charge on any atom is -0.479 e. The zero-order valence-electron chi connectivity index (χ0n) is 13.8. The minimum absolute atomic E-state index is 0.132. The quantitative estimate of drug-likeness (QED) is 0.515. The number of aliphatic carboxylic acids is 1. The van der Waals surface area contributed by atoms with Crippen LogP contribution in [0.3, 0.4) is 0 Å². The van der Waals surface area contributed by atoms with Crippen LogP contribution in [0.4, 0.5) is 0 Å². The van der Waals surface area contributed by atoms with Crippen LogP contribution >= 0.6 is 0 Å². The van der Waals surface area contributed by atoms with Gasteiger partial charge in [0, 0.05) is 12.5 Å². The Hall–Kier alpha value is -3.19. The lowest BCUT2D eigenvalue weighted by Crippen LogP contribution is -2.35. The van der Waals surface area contributed by atoms with Gasteiger partial charge < -0.3 is 15.6 Å². The number of benzene rings is 2. The summed E-state index contributed by atoms with van der Waals surface area (Å²) >= 11 is 0. The molecule has 2 aromatic carbocycles. The predicted molar refractivity (Wildman–Crippen MR) is 96.3 cm³/mol. The van der Waals surface area contributed by atoms with Gasteiger partial charge in [0.1, 0.15) is 0 Å². The van der Waals surface area contributed by atoms with Crippen molar-refractivity contribution in [3.8, 4) is 11.1 Å². The Bertz CT molecular complexity index is 930. The second kappa shape index (κ2) is 7.37. The van der Waals surface area contributed by atoms with Crippen molar-refractivity contribution in [3.63, 3.8) is 0 Å². The number of aromatic nitrogens is 1. The fraction of sp³-hybridized carbons (Fsp3) is 0.211. The van der Waals surface area contributed by atoms with E-state index >= 15 is 0 Å². The van der Waals surface area contributed by atoms with Gasteiger partial charge in [-0.25, -0.2) is 4.79 Å². The summed E-state index contributed by atoms with van der Waals surface area (Å²) in [5.74, 6) is -1.35. The number of hydrogen-bond acceptors (Lipinski definition) is 5. The third-order valence-corrected chi connectivity index (χ3v) is 4.19. The standard InChI is InChI=1S/C19H18N2O5/c22-16(19(25)26)11-15(20-21-17(23)18(21)24)10-12-6-8-14(9-7-12)13-4-2-1-3-5-13/h1-9,15-16,20,22H,10-11H2,(H,25,26)/t15-,16-/m1/s1. The second-order valence-corrected chi connectivity index (χ2v) is 6.13. The van der Waals surface area contributed by atoms with E-state index in [9.17, 15) is 19.5 Å². The Balaban J connectivity index is 1.73. The Morgan fingerprint density at radius 3 is 2.08 bits per heavy atom. The molecule has 0 amide bonds. The van der Waals surface area contributed by atoms with E-state index in [4.69, 9.17) is 5.11 Å². The van der Waals surface area contributed by atoms with Gasteiger partial charge in [0.2, 0.25) is 0 Å². The van der Waals surface area contributed by atoms with Crippen LogP contribution in [0.2, 0.25) is 0 Å². The van der Waals surface area contributed by atoms with Crippen LogP contribution in [0.15, 0.2) is 64.2 Å². The van der Waals surface area contributed by atoms with Crippen LogP contribution < -0.4 is 16.5 Å². The zero-order valence-corrected chi connectivity index (χ0v) is 13.8. The molecular weight excluding hydrogens is 336 g/mol. The molecule has 3 N–H and O–H groups in total. The summed E-state index contributed by atoms with van der Waals surface area (Å²) < 4.78 is 0.831. The van der Waals surface area contributed by atoms with E-state index in [0.29, 0.717) is 6.42 Å². The number of nitrogens with zero attached hydrogens (tertiary/aromatic N) is 1. The molecule has 0 fully saturated rings. The molecule has 0 aliphatic carbocycles. The average Bonchev–Trinajstić information content (AvgIpc) is 3.21. The molecule has 0 aliphatic rings. The lowest BCUT2D eigenvalue weighted by atomic mass is 9.98. The molecule has 0 unspecified atom stereocenters. The Morgan fingerprint density at radius 1 is 0.962 bits per heavy atom. The van der Waals surface area contributed by atoms with Crippen LogP contribution in [0.25, 0.3) is 11.1 Å². The topological polar surface area (TPSA) is 109 Å². The molecule has 26 heavy (non-hydrogen) atoms. The summed E-state index contributed by atoms with van der Waals surface area (Å²) in [5.41, 5.74) is 4.36. The van der Waals surface area contributed by atoms with Crippen molar-refractivity contribution in [2.45, 2.75) is 25.0 Å². The number of hydrogen-bond donors (Lipinski definition) is 3. The van der Waals surface area contributed by atoms with Crippen LogP contribution in [0, 0.1) is 0 Å². The second-order valence-electron chi connectivity index (χ2n) is 6.13. The van der Waals surface area contributed by atoms with E-state index in [-0.39, 0.29) is 6.42 Å². The van der Waals surface area contributed by atoms with Crippen molar-refractivity contribution in [2.24, 2.45) is 0 Å². The molecule has 2 atom stereocenters. The number of carbonyl (C=O) groups is 1. The molecule has 0 saturated carbocycles. The van der Waals surface area contributed by atoms with E-state index in [1.165, 1.54) is 0 Å². The first kappa shape index (κ1) is 17.6. The highest BCUT2D eigenvalue weighted by Gasteiger charge is 2.24. The molecule has 7 heteroatoms. The van der Waals surface area contributed by atoms with Crippen molar-refractivity contribution in [2.75, 3.05) is 5.43 Å². The first-order chi connectivity index (χ1) is 12.5. The van der Waals surface area contributed by atoms with Gasteiger partial charge in [0.05, 0.1) is 0 Å². The van der Waals surface area contributed by atoms with Crippen molar-refractivity contribution in [1.82, 2.24) is 4.68 Å². The van der Waals surface area contributed by atoms with E-state index in [2.05, 4.69) is 5.43 Å². The normalized spacial score (nSPS) is 13.4. The summed E-state index contributed by atoms with van der Waals surface area (Å²) in [5, 5.41) is 18.5. The molecule has 3 rings (SSSR count). The van der Waals surface area contributed by atoms with Gasteiger partial charge in [-0.2, -0.15) is 4.68 Å². The fourth-order valence-electron chi connectivity index (χ4n) is 2.74. The van der Waals surface area contributed by atoms with E-state index < -0.39 is 29.2 Å². The van der Waals surface area contributed by atoms with Gasteiger partial charge in [-0.05, 0) is 23.1 Å². The molecule has 0 bridgehead atoms. The van der Waals surface area contributed by atoms with E-state index in [1.54, 1.807) is 0 Å². The van der Waals surface area contributed by atoms with Crippen LogP contribution in [0.5, 0.6) is 0 Å². The number of rotatable bonds is 8. The number of aliphatic hydroxyl groups is 1. The summed E-state index contributed by atoms with van der Waals surface area (Å²) in [6.45, 7) is 0. The molecule has 1 heterocycles. The average molecular weight is 354 g/mol. The SMILES string of the molecule is O=C(O)[C@H](O)C[C@@H](Cc1ccc(-c2ccccc2)cc1)Nn1c(=O)c1=O. The highest BCUT2D eigenvalue weighted by Crippen LogP contribution is 2.20. The maximum Gasteiger partial charge on any atom is 0.340 e. The van der Waals surface area contributed by atoms with Crippen molar-refractivity contribution in [1.29, 1.82) is 0 Å². The smallest absolute Gasteiger partial charge is 0.340 e. The minimum atomic E-state index is -1.58. The van der Waals surface area contributed by atoms with Gasteiger partial charge in [-0.1, -0.05) is 54.6 Å². The van der Waals surface area contributed by atoms with Gasteiger partial charge in [0.15, 0.2) is 6.10 Å². The maximum absolute atomic E-state index is 11.2. The van der Waals surface area contributed by atoms with Crippen molar-refractivity contribution in [3.05, 3.63) is 80.9 Å². The molecular formula is C19H18N2O5. The summed E-state index contributed by atoms with van der Waals surface area (Å²) in [4.78, 5) is 33.2. The van der Waals surface area contributed by atoms with Gasteiger partial charge >= 0.3 is 17.1 Å². The van der Waals surface area contributed by atoms with E-state index in [0.717, 1.165) is 21.4 Å². The molecule has 3 aromatic rings. The van der Waals surface area contributed by atoms with Crippen LogP contribution in [-0.4, -0.2) is 33.0 Å². The predicted octanol–water partition coefficient (Wildman–Crippen LogP) is 0.741. The van der Waals surface area contributed by atoms with Crippen molar-refractivity contribution < 1.29 is 15.0 Å². The number of aliphatic hydroxyl groups excluding tert-OH is 1. The van der Waals surface area contributed by atoms with Crippen molar-refractivity contribution >= 4 is 5.97 Å². The maximum atomic E-state index is 11.2. The largest absolute Gasteiger partial charge is 0.479 e. The van der Waals surface area contributed by atoms with Gasteiger partial charge in [-0.3, -0.25) is 9.59 Å². The molecule has 0 spiro atoms. The molecule has 1 aromatic heterocycles. The Morgan fingerprint density at radius 2 is 1.54 bits per heavy atom. The fourth-order valence-corrected chi connectivity index (χ4v) is 2.74. The Kier molecular flexibility index (Phi) is 4.99. The third-order valence-electron chi connectivity index (χ3n) is 4.19. The lowest BCUT2D eigenvalue weighted by molar-refractivity contribution is -0.147. The lowest BCUT2D eigenvalue weighted by Gasteiger charge is -2.19. The Labute approximate surface area is 148 Å². The number of nitrogens with one attached hydrogen (secondary N) is 1. The number of carboxylic acids is 1. The summed E-state index contributed by atoms with van der Waals surface area (Å²) in [6, 6.07) is 17.0. The van der Waals surface area contributed by atoms with Gasteiger partial charge in [-0.15, -0.1) is 0 Å². The highest BCUT2D eigenvalue weighted by atomic mass is 16.4. The molecule has 0 saturated heterocycles. The monoisotopic (exact) mass is 354 g/mol. The first-order valence-electron chi connectivity index (χ1n) is 8.15. The third kappa shape index (κ3) is 4.07. The first-order valence-corrected chi connectivity index (χ1v) is 8.15.